The van der Waals surface area contributed by atoms with Crippen molar-refractivity contribution >= 4 is 46.3 Å². The Kier molecular flexibility index (Phi) is 5.08. The van der Waals surface area contributed by atoms with Crippen molar-refractivity contribution < 1.29 is 9.21 Å². The fraction of sp³-hybridized carbons (Fsp3) is 0.0833. The average Bonchev–Trinajstić information content (AvgIpc) is 3.30. The van der Waals surface area contributed by atoms with E-state index in [4.69, 9.17) is 10.3 Å². The maximum Gasteiger partial charge on any atom is 0.264 e. The van der Waals surface area contributed by atoms with Crippen LogP contribution in [0.2, 0.25) is 0 Å². The number of nitrogens with zero attached hydrogens (tertiary/aromatic N) is 5. The van der Waals surface area contributed by atoms with Gasteiger partial charge in [-0.1, -0.05) is 11.8 Å². The standard InChI is InChI=1S/C12H12N8O2S2/c13-20-10(17-15-6-8-2-1-4-22-8)18-19-12(20)24-7-9(21)16-11-14-3-5-23-11/h1-6H,7,13H2,(H,17,18)(H,14,16,21)/b15-6+. The molecule has 0 saturated carbocycles. The molecule has 0 aliphatic heterocycles. The molecule has 0 atom stereocenters. The number of nitrogen functional groups attached to an aromatic ring is 1. The van der Waals surface area contributed by atoms with Crippen molar-refractivity contribution in [3.63, 3.8) is 0 Å². The van der Waals surface area contributed by atoms with E-state index < -0.39 is 0 Å². The van der Waals surface area contributed by atoms with Crippen LogP contribution in [-0.4, -0.2) is 37.7 Å². The molecule has 0 fully saturated rings. The highest BCUT2D eigenvalue weighted by atomic mass is 32.2. The zero-order chi connectivity index (χ0) is 16.8. The number of furan rings is 1. The highest BCUT2D eigenvalue weighted by Gasteiger charge is 2.12. The molecule has 3 aromatic rings. The van der Waals surface area contributed by atoms with E-state index in [9.17, 15) is 4.79 Å². The quantitative estimate of drug-likeness (QED) is 0.246. The zero-order valence-corrected chi connectivity index (χ0v) is 13.8. The minimum Gasteiger partial charge on any atom is -0.463 e. The first-order valence-electron chi connectivity index (χ1n) is 6.57. The zero-order valence-electron chi connectivity index (χ0n) is 12.1. The first-order chi connectivity index (χ1) is 11.7. The maximum atomic E-state index is 11.8. The molecule has 3 aromatic heterocycles. The molecule has 0 saturated heterocycles. The molecule has 4 N–H and O–H groups in total. The number of amides is 1. The molecule has 12 heteroatoms. The van der Waals surface area contributed by atoms with Gasteiger partial charge in [-0.05, 0) is 12.1 Å². The van der Waals surface area contributed by atoms with Crippen molar-refractivity contribution in [1.82, 2.24) is 19.9 Å². The number of hydrazone groups is 1. The lowest BCUT2D eigenvalue weighted by Gasteiger charge is -2.03. The Balaban J connectivity index is 1.51. The average molecular weight is 364 g/mol. The summed E-state index contributed by atoms with van der Waals surface area (Å²) in [6, 6.07) is 3.50. The van der Waals surface area contributed by atoms with Crippen LogP contribution in [0.5, 0.6) is 0 Å². The molecule has 24 heavy (non-hydrogen) atoms. The van der Waals surface area contributed by atoms with Gasteiger partial charge < -0.3 is 15.6 Å². The van der Waals surface area contributed by atoms with Gasteiger partial charge in [0.05, 0.1) is 18.2 Å². The highest BCUT2D eigenvalue weighted by Crippen LogP contribution is 2.17. The van der Waals surface area contributed by atoms with Gasteiger partial charge in [0.2, 0.25) is 11.1 Å². The summed E-state index contributed by atoms with van der Waals surface area (Å²) in [4.78, 5) is 15.8. The topological polar surface area (TPSA) is 136 Å². The number of nitrogens with one attached hydrogen (secondary N) is 2. The van der Waals surface area contributed by atoms with E-state index in [1.165, 1.54) is 28.5 Å². The third-order valence-electron chi connectivity index (χ3n) is 2.58. The van der Waals surface area contributed by atoms with Crippen LogP contribution in [0.25, 0.3) is 0 Å². The number of hydrogen-bond acceptors (Lipinski definition) is 10. The van der Waals surface area contributed by atoms with Crippen molar-refractivity contribution in [3.8, 4) is 0 Å². The maximum absolute atomic E-state index is 11.8. The van der Waals surface area contributed by atoms with Crippen molar-refractivity contribution in [3.05, 3.63) is 35.7 Å². The Morgan fingerprint density at radius 3 is 3.21 bits per heavy atom. The second-order valence-corrected chi connectivity index (χ2v) is 6.07. The lowest BCUT2D eigenvalue weighted by molar-refractivity contribution is -0.113. The van der Waals surface area contributed by atoms with Gasteiger partial charge in [0.1, 0.15) is 5.76 Å². The van der Waals surface area contributed by atoms with Crippen LogP contribution in [0.4, 0.5) is 11.1 Å². The lowest BCUT2D eigenvalue weighted by Crippen LogP contribution is -2.16. The molecule has 0 unspecified atom stereocenters. The number of thiazole rings is 1. The second-order valence-electron chi connectivity index (χ2n) is 4.24. The van der Waals surface area contributed by atoms with E-state index in [0.717, 1.165) is 11.8 Å². The first kappa shape index (κ1) is 16.0. The lowest BCUT2D eigenvalue weighted by atomic mass is 10.5. The van der Waals surface area contributed by atoms with Gasteiger partial charge in [0.15, 0.2) is 5.13 Å². The normalized spacial score (nSPS) is 11.0. The number of carbonyl (C=O) groups is 1. The number of hydrogen-bond donors (Lipinski definition) is 3. The van der Waals surface area contributed by atoms with E-state index in [1.807, 2.05) is 0 Å². The Morgan fingerprint density at radius 2 is 2.46 bits per heavy atom. The summed E-state index contributed by atoms with van der Waals surface area (Å²) in [6.07, 6.45) is 4.63. The summed E-state index contributed by atoms with van der Waals surface area (Å²) < 4.78 is 6.31. The number of carbonyl (C=O) groups excluding carboxylic acids is 1. The van der Waals surface area contributed by atoms with Gasteiger partial charge in [-0.25, -0.2) is 15.1 Å². The molecular weight excluding hydrogens is 352 g/mol. The molecule has 3 rings (SSSR count). The third-order valence-corrected chi connectivity index (χ3v) is 4.21. The van der Waals surface area contributed by atoms with Crippen LogP contribution < -0.4 is 16.6 Å². The fourth-order valence-corrected chi connectivity index (χ4v) is 2.74. The van der Waals surface area contributed by atoms with Gasteiger partial charge >= 0.3 is 0 Å². The summed E-state index contributed by atoms with van der Waals surface area (Å²) in [5, 5.41) is 17.1. The molecule has 10 nitrogen and oxygen atoms in total. The van der Waals surface area contributed by atoms with Crippen molar-refractivity contribution in [2.75, 3.05) is 22.3 Å². The third kappa shape index (κ3) is 4.11. The monoisotopic (exact) mass is 364 g/mol. The van der Waals surface area contributed by atoms with Gasteiger partial charge in [0.25, 0.3) is 5.95 Å². The molecule has 0 radical (unpaired) electrons. The summed E-state index contributed by atoms with van der Waals surface area (Å²) in [7, 11) is 0. The van der Waals surface area contributed by atoms with E-state index in [0.29, 0.717) is 16.0 Å². The Labute approximate surface area is 144 Å². The predicted octanol–water partition coefficient (Wildman–Crippen LogP) is 1.22. The van der Waals surface area contributed by atoms with E-state index >= 15 is 0 Å². The fourth-order valence-electron chi connectivity index (χ4n) is 1.54. The van der Waals surface area contributed by atoms with Gasteiger partial charge in [0, 0.05) is 11.6 Å². The molecule has 1 amide bonds. The van der Waals surface area contributed by atoms with Gasteiger partial charge in [-0.15, -0.1) is 21.5 Å². The number of thioether (sulfide) groups is 1. The summed E-state index contributed by atoms with van der Waals surface area (Å²) in [6.45, 7) is 0. The minimum atomic E-state index is -0.205. The summed E-state index contributed by atoms with van der Waals surface area (Å²) in [5.41, 5.74) is 2.65. The summed E-state index contributed by atoms with van der Waals surface area (Å²) >= 11 is 2.49. The smallest absolute Gasteiger partial charge is 0.264 e. The van der Waals surface area contributed by atoms with Crippen LogP contribution in [0.15, 0.2) is 44.6 Å². The van der Waals surface area contributed by atoms with E-state index in [-0.39, 0.29) is 17.6 Å². The van der Waals surface area contributed by atoms with Crippen molar-refractivity contribution in [1.29, 1.82) is 0 Å². The van der Waals surface area contributed by atoms with Crippen LogP contribution in [0, 0.1) is 0 Å². The number of rotatable bonds is 7. The molecule has 0 aliphatic rings. The predicted molar refractivity (Wildman–Crippen MR) is 91.6 cm³/mol. The molecule has 0 bridgehead atoms. The second kappa shape index (κ2) is 7.61. The summed E-state index contributed by atoms with van der Waals surface area (Å²) in [5.74, 6) is 6.60. The number of nitrogens with two attached hydrogens (primary N) is 1. The van der Waals surface area contributed by atoms with Crippen LogP contribution in [-0.2, 0) is 4.79 Å². The molecule has 0 aliphatic carbocycles. The minimum absolute atomic E-state index is 0.130. The largest absolute Gasteiger partial charge is 0.463 e. The van der Waals surface area contributed by atoms with Crippen LogP contribution in [0.3, 0.4) is 0 Å². The van der Waals surface area contributed by atoms with Crippen molar-refractivity contribution in [2.24, 2.45) is 5.10 Å². The van der Waals surface area contributed by atoms with Crippen molar-refractivity contribution in [2.45, 2.75) is 5.16 Å². The van der Waals surface area contributed by atoms with E-state index in [1.54, 1.807) is 23.7 Å². The highest BCUT2D eigenvalue weighted by molar-refractivity contribution is 7.99. The van der Waals surface area contributed by atoms with Crippen LogP contribution >= 0.6 is 23.1 Å². The molecule has 0 spiro atoms. The van der Waals surface area contributed by atoms with Crippen LogP contribution in [0.1, 0.15) is 5.76 Å². The molecule has 0 aromatic carbocycles. The number of aromatic nitrogens is 4. The van der Waals surface area contributed by atoms with Gasteiger partial charge in [-0.2, -0.15) is 5.10 Å². The molecular formula is C12H12N8O2S2. The Bertz CT molecular complexity index is 812. The molecule has 124 valence electrons. The van der Waals surface area contributed by atoms with Gasteiger partial charge in [-0.3, -0.25) is 4.79 Å². The van der Waals surface area contributed by atoms with E-state index in [2.05, 4.69) is 31.0 Å². The Morgan fingerprint density at radius 1 is 1.54 bits per heavy atom. The SMILES string of the molecule is Nn1c(N/N=C/c2ccco2)nnc1SCC(=O)Nc1nccs1. The Hall–Kier alpha value is -2.86. The molecule has 3 heterocycles. The first-order valence-corrected chi connectivity index (χ1v) is 8.44. The number of anilines is 2.